The van der Waals surface area contributed by atoms with Crippen molar-refractivity contribution in [3.05, 3.63) is 29.8 Å². The van der Waals surface area contributed by atoms with E-state index in [4.69, 9.17) is 5.11 Å². The Kier molecular flexibility index (Phi) is 4.68. The fourth-order valence-electron chi connectivity index (χ4n) is 1.57. The average Bonchev–Trinajstić information content (AvgIpc) is 2.24. The van der Waals surface area contributed by atoms with E-state index in [2.05, 4.69) is 11.4 Å². The van der Waals surface area contributed by atoms with Crippen molar-refractivity contribution in [3.8, 4) is 0 Å². The minimum atomic E-state index is -0.711. The quantitative estimate of drug-likeness (QED) is 0.705. The number of carbonyl (C=O) groups is 1. The number of aryl methyl sites for hydroxylation is 1. The van der Waals surface area contributed by atoms with E-state index in [1.165, 1.54) is 5.56 Å². The number of hydrogen-bond acceptors (Lipinski definition) is 2. The molecule has 0 radical (unpaired) electrons. The largest absolute Gasteiger partial charge is 0.481 e. The van der Waals surface area contributed by atoms with Crippen LogP contribution in [0.15, 0.2) is 24.3 Å². The van der Waals surface area contributed by atoms with Gasteiger partial charge in [-0.15, -0.1) is 0 Å². The molecule has 82 valence electrons. The zero-order valence-electron chi connectivity index (χ0n) is 8.99. The average molecular weight is 207 g/mol. The number of para-hydroxylation sites is 1. The fourth-order valence-corrected chi connectivity index (χ4v) is 1.57. The number of unbranched alkanes of at least 4 members (excludes halogenated alkanes) is 1. The Morgan fingerprint density at radius 1 is 1.33 bits per heavy atom. The summed E-state index contributed by atoms with van der Waals surface area (Å²) in [4.78, 5) is 10.3. The molecule has 0 heterocycles. The second-order valence-electron chi connectivity index (χ2n) is 3.51. The summed E-state index contributed by atoms with van der Waals surface area (Å²) < 4.78 is 0. The predicted molar refractivity (Wildman–Crippen MR) is 61.2 cm³/mol. The number of carboxylic acids is 1. The van der Waals surface area contributed by atoms with Gasteiger partial charge in [-0.25, -0.2) is 0 Å². The van der Waals surface area contributed by atoms with Crippen molar-refractivity contribution in [2.45, 2.75) is 25.7 Å². The van der Waals surface area contributed by atoms with Gasteiger partial charge in [0, 0.05) is 19.2 Å². The van der Waals surface area contributed by atoms with Gasteiger partial charge in [-0.3, -0.25) is 4.79 Å². The Morgan fingerprint density at radius 2 is 2.07 bits per heavy atom. The van der Waals surface area contributed by atoms with Crippen LogP contribution >= 0.6 is 0 Å². The molecular weight excluding hydrogens is 190 g/mol. The van der Waals surface area contributed by atoms with E-state index in [1.807, 2.05) is 25.2 Å². The number of hydrogen-bond donors (Lipinski definition) is 2. The normalized spacial score (nSPS) is 9.93. The number of aliphatic carboxylic acids is 1. The molecule has 0 fully saturated rings. The highest BCUT2D eigenvalue weighted by Crippen LogP contribution is 2.16. The Morgan fingerprint density at radius 3 is 2.73 bits per heavy atom. The summed E-state index contributed by atoms with van der Waals surface area (Å²) in [6.07, 6.45) is 2.87. The highest BCUT2D eigenvalue weighted by Gasteiger charge is 2.01. The van der Waals surface area contributed by atoms with Gasteiger partial charge in [0.15, 0.2) is 0 Å². The Hall–Kier alpha value is -1.51. The Bertz CT molecular complexity index is 323. The third-order valence-corrected chi connectivity index (χ3v) is 2.37. The number of carboxylic acid groups (broad SMARTS) is 1. The molecule has 0 aliphatic heterocycles. The van der Waals surface area contributed by atoms with Crippen LogP contribution in [0.25, 0.3) is 0 Å². The van der Waals surface area contributed by atoms with Crippen LogP contribution in [0.2, 0.25) is 0 Å². The molecule has 1 aromatic rings. The van der Waals surface area contributed by atoms with Crippen LogP contribution in [-0.4, -0.2) is 18.1 Å². The van der Waals surface area contributed by atoms with Gasteiger partial charge in [-0.2, -0.15) is 0 Å². The standard InChI is InChI=1S/C12H17NO2/c1-13-11-8-4-2-6-10(11)7-3-5-9-12(14)15/h2,4,6,8,13H,3,5,7,9H2,1H3,(H,14,15). The molecule has 0 aliphatic carbocycles. The maximum Gasteiger partial charge on any atom is 0.303 e. The van der Waals surface area contributed by atoms with Crippen LogP contribution in [0.4, 0.5) is 5.69 Å². The number of nitrogens with one attached hydrogen (secondary N) is 1. The summed E-state index contributed by atoms with van der Waals surface area (Å²) >= 11 is 0. The number of anilines is 1. The molecule has 2 N–H and O–H groups in total. The molecule has 15 heavy (non-hydrogen) atoms. The molecule has 0 unspecified atom stereocenters. The van der Waals surface area contributed by atoms with E-state index >= 15 is 0 Å². The van der Waals surface area contributed by atoms with Crippen LogP contribution < -0.4 is 5.32 Å². The summed E-state index contributed by atoms with van der Waals surface area (Å²) in [6.45, 7) is 0. The van der Waals surface area contributed by atoms with Crippen LogP contribution in [0.1, 0.15) is 24.8 Å². The molecule has 0 spiro atoms. The first kappa shape index (κ1) is 11.6. The van der Waals surface area contributed by atoms with E-state index in [0.717, 1.165) is 24.9 Å². The van der Waals surface area contributed by atoms with Gasteiger partial charge in [-0.1, -0.05) is 18.2 Å². The lowest BCUT2D eigenvalue weighted by atomic mass is 10.1. The first-order valence-electron chi connectivity index (χ1n) is 5.21. The van der Waals surface area contributed by atoms with E-state index in [9.17, 15) is 4.79 Å². The topological polar surface area (TPSA) is 49.3 Å². The fraction of sp³-hybridized carbons (Fsp3) is 0.417. The molecular formula is C12H17NO2. The highest BCUT2D eigenvalue weighted by atomic mass is 16.4. The maximum atomic E-state index is 10.3. The van der Waals surface area contributed by atoms with Gasteiger partial charge in [0.25, 0.3) is 0 Å². The molecule has 3 nitrogen and oxygen atoms in total. The molecule has 0 atom stereocenters. The van der Waals surface area contributed by atoms with Crippen molar-refractivity contribution in [1.82, 2.24) is 0 Å². The van der Waals surface area contributed by atoms with Gasteiger partial charge >= 0.3 is 5.97 Å². The summed E-state index contributed by atoms with van der Waals surface area (Å²) in [5.41, 5.74) is 2.39. The minimum Gasteiger partial charge on any atom is -0.481 e. The summed E-state index contributed by atoms with van der Waals surface area (Å²) in [5.74, 6) is -0.711. The SMILES string of the molecule is CNc1ccccc1CCCCC(=O)O. The van der Waals surface area contributed by atoms with E-state index in [0.29, 0.717) is 0 Å². The zero-order chi connectivity index (χ0) is 11.1. The third kappa shape index (κ3) is 4.02. The molecule has 0 aliphatic rings. The maximum absolute atomic E-state index is 10.3. The van der Waals surface area contributed by atoms with Crippen LogP contribution in [0.3, 0.4) is 0 Å². The van der Waals surface area contributed by atoms with Gasteiger partial charge in [0.05, 0.1) is 0 Å². The van der Waals surface area contributed by atoms with Crippen LogP contribution in [0, 0.1) is 0 Å². The van der Waals surface area contributed by atoms with Crippen molar-refractivity contribution in [2.24, 2.45) is 0 Å². The molecule has 0 saturated heterocycles. The lowest BCUT2D eigenvalue weighted by Gasteiger charge is -2.07. The van der Waals surface area contributed by atoms with Gasteiger partial charge in [0.1, 0.15) is 0 Å². The monoisotopic (exact) mass is 207 g/mol. The van der Waals surface area contributed by atoms with Crippen molar-refractivity contribution in [3.63, 3.8) is 0 Å². The van der Waals surface area contributed by atoms with Gasteiger partial charge in [-0.05, 0) is 30.9 Å². The van der Waals surface area contributed by atoms with E-state index in [1.54, 1.807) is 0 Å². The third-order valence-electron chi connectivity index (χ3n) is 2.37. The van der Waals surface area contributed by atoms with Crippen molar-refractivity contribution >= 4 is 11.7 Å². The van der Waals surface area contributed by atoms with Crippen LogP contribution in [-0.2, 0) is 11.2 Å². The van der Waals surface area contributed by atoms with Crippen molar-refractivity contribution in [1.29, 1.82) is 0 Å². The summed E-state index contributed by atoms with van der Waals surface area (Å²) in [5, 5.41) is 11.6. The second-order valence-corrected chi connectivity index (χ2v) is 3.51. The van der Waals surface area contributed by atoms with Crippen molar-refractivity contribution < 1.29 is 9.90 Å². The van der Waals surface area contributed by atoms with Gasteiger partial charge < -0.3 is 10.4 Å². The highest BCUT2D eigenvalue weighted by molar-refractivity contribution is 5.66. The van der Waals surface area contributed by atoms with Crippen molar-refractivity contribution in [2.75, 3.05) is 12.4 Å². The molecule has 0 saturated carbocycles. The smallest absolute Gasteiger partial charge is 0.303 e. The molecule has 0 aromatic heterocycles. The molecule has 3 heteroatoms. The lowest BCUT2D eigenvalue weighted by Crippen LogP contribution is -1.97. The first-order valence-corrected chi connectivity index (χ1v) is 5.21. The number of rotatable bonds is 6. The van der Waals surface area contributed by atoms with Crippen LogP contribution in [0.5, 0.6) is 0 Å². The Labute approximate surface area is 90.1 Å². The predicted octanol–water partition coefficient (Wildman–Crippen LogP) is 2.53. The molecule has 1 rings (SSSR count). The second kappa shape index (κ2) is 6.06. The lowest BCUT2D eigenvalue weighted by molar-refractivity contribution is -0.137. The first-order chi connectivity index (χ1) is 7.24. The van der Waals surface area contributed by atoms with E-state index in [-0.39, 0.29) is 6.42 Å². The summed E-state index contributed by atoms with van der Waals surface area (Å²) in [6, 6.07) is 8.11. The number of benzene rings is 1. The minimum absolute atomic E-state index is 0.266. The molecule has 0 amide bonds. The van der Waals surface area contributed by atoms with E-state index < -0.39 is 5.97 Å². The Balaban J connectivity index is 2.39. The van der Waals surface area contributed by atoms with Gasteiger partial charge in [0.2, 0.25) is 0 Å². The summed E-state index contributed by atoms with van der Waals surface area (Å²) in [7, 11) is 1.90. The zero-order valence-corrected chi connectivity index (χ0v) is 8.99. The molecule has 1 aromatic carbocycles. The molecule has 0 bridgehead atoms.